The van der Waals surface area contributed by atoms with Gasteiger partial charge in [-0.05, 0) is 96.3 Å². The van der Waals surface area contributed by atoms with Gasteiger partial charge in [0.1, 0.15) is 6.10 Å². The molecule has 0 bridgehead atoms. The molecule has 3 fully saturated rings. The minimum absolute atomic E-state index is 0.0285. The molecule has 0 amide bonds. The molecule has 0 spiro atoms. The van der Waals surface area contributed by atoms with Crippen LogP contribution in [0.25, 0.3) is 0 Å². The summed E-state index contributed by atoms with van der Waals surface area (Å²) in [6, 6.07) is 0. The number of hydrogen-bond donors (Lipinski definition) is 1. The minimum atomic E-state index is -0.445. The van der Waals surface area contributed by atoms with Crippen LogP contribution in [-0.2, 0) is 9.53 Å². The van der Waals surface area contributed by atoms with Crippen LogP contribution in [0.2, 0.25) is 0 Å². The van der Waals surface area contributed by atoms with E-state index in [9.17, 15) is 9.90 Å². The van der Waals surface area contributed by atoms with Crippen molar-refractivity contribution in [2.24, 2.45) is 34.0 Å². The molecule has 3 nitrogen and oxygen atoms in total. The average Bonchev–Trinajstić information content (AvgIpc) is 3.04. The van der Waals surface area contributed by atoms with Crippen LogP contribution in [0, 0.1) is 34.0 Å². The van der Waals surface area contributed by atoms with E-state index >= 15 is 0 Å². The summed E-state index contributed by atoms with van der Waals surface area (Å²) < 4.78 is 5.97. The summed E-state index contributed by atoms with van der Waals surface area (Å²) in [7, 11) is 0. The molecule has 0 saturated heterocycles. The van der Waals surface area contributed by atoms with Gasteiger partial charge in [-0.15, -0.1) is 0 Å². The molecule has 4 aliphatic rings. The van der Waals surface area contributed by atoms with Gasteiger partial charge in [0, 0.05) is 17.9 Å². The first-order valence-corrected chi connectivity index (χ1v) is 12.2. The Balaban J connectivity index is 1.61. The normalized spacial score (nSPS) is 40.7. The maximum Gasteiger partial charge on any atom is 0.311 e. The van der Waals surface area contributed by atoms with E-state index in [-0.39, 0.29) is 22.9 Å². The zero-order valence-corrected chi connectivity index (χ0v) is 19.4. The highest BCUT2D eigenvalue weighted by Crippen LogP contribution is 2.65. The van der Waals surface area contributed by atoms with Crippen molar-refractivity contribution in [3.63, 3.8) is 0 Å². The summed E-state index contributed by atoms with van der Waals surface area (Å²) in [5, 5.41) is 10.6. The fourth-order valence-electron chi connectivity index (χ4n) is 7.84. The van der Waals surface area contributed by atoms with E-state index in [1.807, 2.05) is 20.8 Å². The van der Waals surface area contributed by atoms with Crippen LogP contribution in [-0.4, -0.2) is 23.8 Å². The Morgan fingerprint density at radius 2 is 1.90 bits per heavy atom. The topological polar surface area (TPSA) is 46.5 Å². The molecule has 0 radical (unpaired) electrons. The largest absolute Gasteiger partial charge is 0.462 e. The van der Waals surface area contributed by atoms with E-state index in [0.29, 0.717) is 18.4 Å². The van der Waals surface area contributed by atoms with E-state index in [4.69, 9.17) is 4.74 Å². The minimum Gasteiger partial charge on any atom is -0.462 e. The van der Waals surface area contributed by atoms with Gasteiger partial charge in [0.2, 0.25) is 0 Å². The molecule has 4 rings (SSSR count). The predicted octanol–water partition coefficient (Wildman–Crippen LogP) is 6.05. The number of carbonyl (C=O) groups is 1. The number of fused-ring (bicyclic) bond motifs is 4. The lowest BCUT2D eigenvalue weighted by atomic mass is 9.49. The number of ether oxygens (including phenoxy) is 1. The first-order valence-electron chi connectivity index (χ1n) is 12.2. The van der Waals surface area contributed by atoms with Crippen molar-refractivity contribution in [3.05, 3.63) is 11.1 Å². The maximum atomic E-state index is 12.5. The summed E-state index contributed by atoms with van der Waals surface area (Å²) in [6.45, 7) is 10.8. The third-order valence-electron chi connectivity index (χ3n) is 9.45. The molecule has 6 atom stereocenters. The van der Waals surface area contributed by atoms with Gasteiger partial charge in [-0.25, -0.2) is 0 Å². The van der Waals surface area contributed by atoms with Gasteiger partial charge in [0.05, 0.1) is 5.41 Å². The molecule has 0 heterocycles. The molecular formula is C26H42O3. The molecule has 0 aromatic heterocycles. The van der Waals surface area contributed by atoms with Crippen molar-refractivity contribution in [1.82, 2.24) is 0 Å². The summed E-state index contributed by atoms with van der Waals surface area (Å²) in [5.74, 6) is 1.67. The lowest BCUT2D eigenvalue weighted by Gasteiger charge is -2.56. The Morgan fingerprint density at radius 1 is 1.14 bits per heavy atom. The van der Waals surface area contributed by atoms with Crippen LogP contribution in [0.15, 0.2) is 11.1 Å². The van der Waals surface area contributed by atoms with Crippen molar-refractivity contribution in [2.75, 3.05) is 6.61 Å². The molecule has 4 aliphatic carbocycles. The van der Waals surface area contributed by atoms with Crippen molar-refractivity contribution in [1.29, 1.82) is 0 Å². The van der Waals surface area contributed by atoms with Gasteiger partial charge in [-0.2, -0.15) is 0 Å². The van der Waals surface area contributed by atoms with Gasteiger partial charge in [-0.3, -0.25) is 4.79 Å². The summed E-state index contributed by atoms with van der Waals surface area (Å²) in [5.41, 5.74) is 3.28. The smallest absolute Gasteiger partial charge is 0.311 e. The third-order valence-corrected chi connectivity index (χ3v) is 9.45. The Bertz CT molecular complexity index is 687. The zero-order chi connectivity index (χ0) is 21.0. The second-order valence-electron chi connectivity index (χ2n) is 11.9. The third kappa shape index (κ3) is 3.30. The van der Waals surface area contributed by atoms with Crippen LogP contribution in [0.1, 0.15) is 98.8 Å². The summed E-state index contributed by atoms with van der Waals surface area (Å²) in [6.07, 6.45) is 12.4. The van der Waals surface area contributed by atoms with Gasteiger partial charge >= 0.3 is 5.97 Å². The second kappa shape index (κ2) is 7.39. The first-order chi connectivity index (χ1) is 13.6. The van der Waals surface area contributed by atoms with Crippen molar-refractivity contribution in [3.8, 4) is 0 Å². The first kappa shape index (κ1) is 21.4. The molecule has 0 aliphatic heterocycles. The quantitative estimate of drug-likeness (QED) is 0.462. The Morgan fingerprint density at radius 3 is 2.59 bits per heavy atom. The molecule has 0 aromatic carbocycles. The predicted molar refractivity (Wildman–Crippen MR) is 116 cm³/mol. The number of carbonyl (C=O) groups excluding carboxylic acids is 1. The van der Waals surface area contributed by atoms with Gasteiger partial charge in [-0.1, -0.05) is 30.9 Å². The molecule has 29 heavy (non-hydrogen) atoms. The molecule has 1 unspecified atom stereocenters. The average molecular weight is 403 g/mol. The number of allylic oxidation sites excluding steroid dienone is 2. The van der Waals surface area contributed by atoms with Crippen molar-refractivity contribution < 1.29 is 14.6 Å². The highest BCUT2D eigenvalue weighted by molar-refractivity contribution is 5.75. The van der Waals surface area contributed by atoms with Crippen LogP contribution in [0.4, 0.5) is 0 Å². The molecule has 1 N–H and O–H groups in total. The van der Waals surface area contributed by atoms with Crippen LogP contribution in [0.5, 0.6) is 0 Å². The SMILES string of the molecule is C[C@H](OC(=O)C(C)(C)C)[C@H]1CCC2=C3CCC4CCCC[C@]4(CO)[C@H]3CC[C@@]21C. The van der Waals surface area contributed by atoms with Gasteiger partial charge in [0.15, 0.2) is 0 Å². The maximum absolute atomic E-state index is 12.5. The number of aliphatic hydroxyl groups excluding tert-OH is 1. The molecule has 3 saturated carbocycles. The number of hydrogen-bond acceptors (Lipinski definition) is 3. The number of esters is 1. The van der Waals surface area contributed by atoms with Crippen LogP contribution < -0.4 is 0 Å². The van der Waals surface area contributed by atoms with E-state index in [0.717, 1.165) is 18.8 Å². The fraction of sp³-hybridized carbons (Fsp3) is 0.885. The number of rotatable bonds is 3. The van der Waals surface area contributed by atoms with E-state index in [1.54, 1.807) is 11.1 Å². The van der Waals surface area contributed by atoms with Crippen LogP contribution in [0.3, 0.4) is 0 Å². The van der Waals surface area contributed by atoms with E-state index in [1.165, 1.54) is 51.4 Å². The Kier molecular flexibility index (Phi) is 5.46. The molecule has 0 aromatic rings. The van der Waals surface area contributed by atoms with Crippen LogP contribution >= 0.6 is 0 Å². The lowest BCUT2D eigenvalue weighted by Crippen LogP contribution is -2.50. The van der Waals surface area contributed by atoms with Gasteiger partial charge in [0.25, 0.3) is 0 Å². The monoisotopic (exact) mass is 402 g/mol. The van der Waals surface area contributed by atoms with E-state index in [2.05, 4.69) is 13.8 Å². The number of aliphatic hydroxyl groups is 1. The Labute approximate surface area is 177 Å². The molecule has 3 heteroatoms. The summed E-state index contributed by atoms with van der Waals surface area (Å²) >= 11 is 0. The van der Waals surface area contributed by atoms with E-state index < -0.39 is 5.41 Å². The van der Waals surface area contributed by atoms with Crippen molar-refractivity contribution in [2.45, 2.75) is 105 Å². The highest BCUT2D eigenvalue weighted by atomic mass is 16.5. The Hall–Kier alpha value is -0.830. The summed E-state index contributed by atoms with van der Waals surface area (Å²) in [4.78, 5) is 12.5. The lowest BCUT2D eigenvalue weighted by molar-refractivity contribution is -0.162. The second-order valence-corrected chi connectivity index (χ2v) is 11.9. The fourth-order valence-corrected chi connectivity index (χ4v) is 7.84. The standard InChI is InChI=1S/C26H42O3/c1-17(29-23(28)24(2,3)4)20-11-12-21-19-10-9-18-8-6-7-14-26(18,16-27)22(19)13-15-25(20,21)5/h17-18,20,22,27H,6-16H2,1-5H3/t17-,18?,20+,22-,25+,26+/m0/s1. The highest BCUT2D eigenvalue weighted by Gasteiger charge is 2.57. The molecular weight excluding hydrogens is 360 g/mol. The zero-order valence-electron chi connectivity index (χ0n) is 19.4. The van der Waals surface area contributed by atoms with Gasteiger partial charge < -0.3 is 9.84 Å². The molecule has 164 valence electrons. The van der Waals surface area contributed by atoms with Crippen molar-refractivity contribution >= 4 is 5.97 Å².